The fourth-order valence-electron chi connectivity index (χ4n) is 4.21. The zero-order chi connectivity index (χ0) is 34.4. The van der Waals surface area contributed by atoms with Crippen LogP contribution in [0.5, 0.6) is 17.2 Å². The average molecular weight is 644 g/mol. The van der Waals surface area contributed by atoms with Crippen LogP contribution in [-0.4, -0.2) is 85.6 Å². The molecule has 0 saturated carbocycles. The SMILES string of the molecule is Cc1nc(C)c(C(=O)O)c(-c2cc([N+](=O)[O-])ccc2OCCCCNCCCOc2ccccc2O)c1C(=O)O.O=C(O)C(=O)O. The Morgan fingerprint density at radius 1 is 0.804 bits per heavy atom. The quantitative estimate of drug-likeness (QED) is 0.0596. The lowest BCUT2D eigenvalue weighted by atomic mass is 9.91. The van der Waals surface area contributed by atoms with Gasteiger partial charge in [0.25, 0.3) is 5.69 Å². The molecule has 0 radical (unpaired) electrons. The number of phenols is 1. The summed E-state index contributed by atoms with van der Waals surface area (Å²) in [6.45, 7) is 4.94. The largest absolute Gasteiger partial charge is 0.504 e. The van der Waals surface area contributed by atoms with Crippen LogP contribution in [0.2, 0.25) is 0 Å². The van der Waals surface area contributed by atoms with Gasteiger partial charge in [-0.15, -0.1) is 0 Å². The predicted octanol–water partition coefficient (Wildman–Crippen LogP) is 3.75. The van der Waals surface area contributed by atoms with Gasteiger partial charge in [0, 0.05) is 23.3 Å². The Kier molecular flexibility index (Phi) is 13.9. The van der Waals surface area contributed by atoms with Crippen LogP contribution in [0.15, 0.2) is 42.5 Å². The molecule has 0 atom stereocenters. The van der Waals surface area contributed by atoms with E-state index in [9.17, 15) is 35.0 Å². The van der Waals surface area contributed by atoms with Crippen LogP contribution in [0, 0.1) is 24.0 Å². The van der Waals surface area contributed by atoms with Gasteiger partial charge in [0.05, 0.1) is 40.7 Å². The van der Waals surface area contributed by atoms with Crippen molar-refractivity contribution >= 4 is 29.6 Å². The molecule has 0 aliphatic heterocycles. The molecule has 6 N–H and O–H groups in total. The second kappa shape index (κ2) is 17.5. The summed E-state index contributed by atoms with van der Waals surface area (Å²) in [5.41, 5.74) is -1.07. The number of aromatic hydroxyl groups is 1. The minimum absolute atomic E-state index is 0.000165. The number of aryl methyl sites for hydroxylation is 2. The van der Waals surface area contributed by atoms with Gasteiger partial charge in [-0.25, -0.2) is 19.2 Å². The number of carboxylic acid groups (broad SMARTS) is 4. The van der Waals surface area contributed by atoms with E-state index in [1.54, 1.807) is 24.3 Å². The summed E-state index contributed by atoms with van der Waals surface area (Å²) in [5, 5.41) is 59.0. The summed E-state index contributed by atoms with van der Waals surface area (Å²) in [6, 6.07) is 10.5. The second-order valence-corrected chi connectivity index (χ2v) is 9.54. The van der Waals surface area contributed by atoms with Gasteiger partial charge in [-0.2, -0.15) is 0 Å². The molecule has 0 aliphatic rings. The van der Waals surface area contributed by atoms with Gasteiger partial charge in [-0.05, 0) is 64.4 Å². The average Bonchev–Trinajstić information content (AvgIpc) is 2.98. The number of unbranched alkanes of at least 4 members (excludes halogenated alkanes) is 1. The number of nitro benzene ring substituents is 1. The Bertz CT molecular complexity index is 1540. The summed E-state index contributed by atoms with van der Waals surface area (Å²) in [7, 11) is 0. The predicted molar refractivity (Wildman–Crippen MR) is 161 cm³/mol. The third kappa shape index (κ3) is 10.4. The zero-order valence-electron chi connectivity index (χ0n) is 24.9. The molecule has 16 heteroatoms. The van der Waals surface area contributed by atoms with Crippen LogP contribution in [0.4, 0.5) is 5.69 Å². The maximum absolute atomic E-state index is 12.1. The fraction of sp³-hybridized carbons (Fsp3) is 0.300. The summed E-state index contributed by atoms with van der Waals surface area (Å²) < 4.78 is 11.4. The molecule has 0 bridgehead atoms. The number of rotatable bonds is 15. The Labute approximate surface area is 262 Å². The molecule has 1 heterocycles. The van der Waals surface area contributed by atoms with Crippen LogP contribution in [0.25, 0.3) is 11.1 Å². The molecule has 46 heavy (non-hydrogen) atoms. The van der Waals surface area contributed by atoms with Gasteiger partial charge in [0.1, 0.15) is 5.75 Å². The number of aromatic carboxylic acids is 2. The third-order valence-electron chi connectivity index (χ3n) is 6.24. The van der Waals surface area contributed by atoms with Crippen molar-refractivity contribution in [2.75, 3.05) is 26.3 Å². The number of pyridine rings is 1. The number of para-hydroxylation sites is 2. The van der Waals surface area contributed by atoms with Crippen LogP contribution in [0.1, 0.15) is 51.4 Å². The first-order valence-corrected chi connectivity index (χ1v) is 13.7. The van der Waals surface area contributed by atoms with E-state index in [4.69, 9.17) is 29.3 Å². The molecule has 0 unspecified atom stereocenters. The van der Waals surface area contributed by atoms with Gasteiger partial charge in [-0.3, -0.25) is 15.1 Å². The molecule has 3 rings (SSSR count). The Morgan fingerprint density at radius 3 is 1.89 bits per heavy atom. The number of nitrogens with one attached hydrogen (secondary N) is 1. The zero-order valence-corrected chi connectivity index (χ0v) is 24.9. The van der Waals surface area contributed by atoms with Gasteiger partial charge >= 0.3 is 23.9 Å². The van der Waals surface area contributed by atoms with Crippen molar-refractivity contribution in [2.24, 2.45) is 0 Å². The van der Waals surface area contributed by atoms with Gasteiger partial charge in [0.15, 0.2) is 11.5 Å². The molecule has 2 aromatic carbocycles. The van der Waals surface area contributed by atoms with Crippen LogP contribution >= 0.6 is 0 Å². The molecule has 0 fully saturated rings. The highest BCUT2D eigenvalue weighted by molar-refractivity contribution is 6.27. The molecular weight excluding hydrogens is 610 g/mol. The number of carboxylic acids is 4. The number of aliphatic carboxylic acids is 2. The minimum atomic E-state index is -1.82. The van der Waals surface area contributed by atoms with E-state index in [-0.39, 0.29) is 57.4 Å². The number of non-ortho nitro benzene ring substituents is 1. The number of hydrogen-bond donors (Lipinski definition) is 6. The highest BCUT2D eigenvalue weighted by Gasteiger charge is 2.29. The Balaban J connectivity index is 0.00000112. The smallest absolute Gasteiger partial charge is 0.414 e. The lowest BCUT2D eigenvalue weighted by Gasteiger charge is -2.18. The van der Waals surface area contributed by atoms with E-state index in [0.717, 1.165) is 18.9 Å². The van der Waals surface area contributed by atoms with Crippen molar-refractivity contribution in [1.82, 2.24) is 10.3 Å². The number of nitro groups is 1. The summed E-state index contributed by atoms with van der Waals surface area (Å²) >= 11 is 0. The van der Waals surface area contributed by atoms with Crippen molar-refractivity contribution in [3.8, 4) is 28.4 Å². The molecule has 0 saturated heterocycles. The Morgan fingerprint density at radius 2 is 1.35 bits per heavy atom. The highest BCUT2D eigenvalue weighted by Crippen LogP contribution is 2.39. The third-order valence-corrected chi connectivity index (χ3v) is 6.24. The first kappa shape index (κ1) is 36.4. The van der Waals surface area contributed by atoms with E-state index in [1.165, 1.54) is 26.0 Å². The lowest BCUT2D eigenvalue weighted by Crippen LogP contribution is -2.19. The summed E-state index contributed by atoms with van der Waals surface area (Å²) in [4.78, 5) is 57.3. The van der Waals surface area contributed by atoms with Crippen molar-refractivity contribution in [3.63, 3.8) is 0 Å². The normalized spacial score (nSPS) is 10.3. The van der Waals surface area contributed by atoms with E-state index >= 15 is 0 Å². The van der Waals surface area contributed by atoms with E-state index in [0.29, 0.717) is 31.9 Å². The standard InChI is InChI=1S/C28H31N3O9.C2H2O4/c1-17-24(27(33)34)26(25(28(35)36)18(2)30-17)20-16-19(31(37)38)10-11-22(20)39-14-6-5-12-29-13-7-15-40-23-9-4-3-8-21(23)32;3-1(4)2(5)6/h3-4,8-11,16,29,32H,5-7,12-15H2,1-2H3,(H,33,34)(H,35,36);(H,3,4)(H,5,6). The first-order chi connectivity index (χ1) is 21.8. The van der Waals surface area contributed by atoms with Gasteiger partial charge in [-0.1, -0.05) is 12.1 Å². The molecule has 246 valence electrons. The molecule has 0 spiro atoms. The number of nitrogens with zero attached hydrogens (tertiary/aromatic N) is 2. The van der Waals surface area contributed by atoms with Crippen LogP contribution in [-0.2, 0) is 9.59 Å². The number of phenolic OH excluding ortho intramolecular Hbond substituents is 1. The Hall–Kier alpha value is -5.77. The van der Waals surface area contributed by atoms with E-state index in [1.807, 2.05) is 0 Å². The van der Waals surface area contributed by atoms with Gasteiger partial charge in [0.2, 0.25) is 0 Å². The maximum atomic E-state index is 12.1. The number of carbonyl (C=O) groups is 4. The summed E-state index contributed by atoms with van der Waals surface area (Å²) in [6.07, 6.45) is 2.10. The van der Waals surface area contributed by atoms with Gasteiger partial charge < -0.3 is 40.3 Å². The molecule has 16 nitrogen and oxygen atoms in total. The topological polar surface area (TPSA) is 256 Å². The molecule has 0 aliphatic carbocycles. The van der Waals surface area contributed by atoms with E-state index in [2.05, 4.69) is 10.3 Å². The van der Waals surface area contributed by atoms with Crippen molar-refractivity contribution in [2.45, 2.75) is 33.1 Å². The molecular formula is C30H33N3O13. The number of ether oxygens (including phenoxy) is 2. The maximum Gasteiger partial charge on any atom is 0.414 e. The van der Waals surface area contributed by atoms with Crippen LogP contribution < -0.4 is 14.8 Å². The number of benzene rings is 2. The molecule has 1 aromatic heterocycles. The lowest BCUT2D eigenvalue weighted by molar-refractivity contribution is -0.384. The number of hydrogen-bond acceptors (Lipinski definition) is 11. The fourth-order valence-corrected chi connectivity index (χ4v) is 4.21. The van der Waals surface area contributed by atoms with Crippen molar-refractivity contribution in [3.05, 3.63) is 75.1 Å². The summed E-state index contributed by atoms with van der Waals surface area (Å²) in [5.74, 6) is -5.79. The molecule has 0 amide bonds. The van der Waals surface area contributed by atoms with Crippen LogP contribution in [0.3, 0.4) is 0 Å². The second-order valence-electron chi connectivity index (χ2n) is 9.54. The van der Waals surface area contributed by atoms with E-state index < -0.39 is 28.8 Å². The first-order valence-electron chi connectivity index (χ1n) is 13.7. The highest BCUT2D eigenvalue weighted by atomic mass is 16.6. The minimum Gasteiger partial charge on any atom is -0.504 e. The molecule has 3 aromatic rings. The van der Waals surface area contributed by atoms with Crippen molar-refractivity contribution < 1.29 is 59.1 Å². The van der Waals surface area contributed by atoms with Crippen molar-refractivity contribution in [1.29, 1.82) is 0 Å². The monoisotopic (exact) mass is 643 g/mol. The number of aromatic nitrogens is 1.